The van der Waals surface area contributed by atoms with Crippen LogP contribution in [0.3, 0.4) is 0 Å². The summed E-state index contributed by atoms with van der Waals surface area (Å²) in [6, 6.07) is 64.4. The van der Waals surface area contributed by atoms with E-state index in [0.29, 0.717) is 0 Å². The molecule has 0 fully saturated rings. The van der Waals surface area contributed by atoms with Crippen molar-refractivity contribution in [1.82, 2.24) is 0 Å². The molecule has 11 rings (SSSR count). The number of furan rings is 1. The van der Waals surface area contributed by atoms with Crippen molar-refractivity contribution in [1.29, 1.82) is 0 Å². The topological polar surface area (TPSA) is 16.4 Å². The van der Waals surface area contributed by atoms with Gasteiger partial charge < -0.3 is 9.32 Å². The second-order valence-corrected chi connectivity index (χ2v) is 14.9. The monoisotopic (exact) mass is 677 g/mol. The highest BCUT2D eigenvalue weighted by molar-refractivity contribution is 6.12. The van der Waals surface area contributed by atoms with E-state index in [9.17, 15) is 0 Å². The van der Waals surface area contributed by atoms with Crippen LogP contribution in [0.25, 0.3) is 76.5 Å². The quantitative estimate of drug-likeness (QED) is 0.184. The second kappa shape index (κ2) is 11.2. The van der Waals surface area contributed by atoms with Crippen LogP contribution in [-0.4, -0.2) is 0 Å². The molecule has 0 radical (unpaired) electrons. The Labute approximate surface area is 308 Å². The lowest BCUT2D eigenvalue weighted by Crippen LogP contribution is -2.15. The fourth-order valence-corrected chi connectivity index (χ4v) is 9.02. The molecule has 250 valence electrons. The van der Waals surface area contributed by atoms with Gasteiger partial charge in [0.05, 0.1) is 5.69 Å². The Hall–Kier alpha value is -6.64. The Balaban J connectivity index is 1.22. The summed E-state index contributed by atoms with van der Waals surface area (Å²) in [5, 5.41) is 9.68. The molecule has 9 aromatic carbocycles. The fourth-order valence-electron chi connectivity index (χ4n) is 9.02. The zero-order valence-electron chi connectivity index (χ0n) is 29.6. The molecular weight excluding hydrogens is 643 g/mol. The first-order chi connectivity index (χ1) is 26.0. The second-order valence-electron chi connectivity index (χ2n) is 14.9. The summed E-state index contributed by atoms with van der Waals surface area (Å²) < 4.78 is 6.52. The third-order valence-electron chi connectivity index (χ3n) is 11.6. The summed E-state index contributed by atoms with van der Waals surface area (Å²) in [5.74, 6) is 0. The molecule has 0 atom stereocenters. The van der Waals surface area contributed by atoms with Crippen molar-refractivity contribution in [3.63, 3.8) is 0 Å². The van der Waals surface area contributed by atoms with Gasteiger partial charge in [0.25, 0.3) is 0 Å². The van der Waals surface area contributed by atoms with E-state index in [1.54, 1.807) is 0 Å². The normalized spacial score (nSPS) is 13.2. The van der Waals surface area contributed by atoms with Crippen molar-refractivity contribution >= 4 is 71.3 Å². The SMILES string of the molecule is CC1(C)c2ccc(N(c3ccc4c(c3)oc3ccccc34)c3ccc4ccccc4c3-c3cccc4ccccc34)cc2-c2cc3ccccc3cc21. The van der Waals surface area contributed by atoms with Crippen LogP contribution < -0.4 is 4.90 Å². The van der Waals surface area contributed by atoms with Gasteiger partial charge in [0.1, 0.15) is 11.2 Å². The largest absolute Gasteiger partial charge is 0.456 e. The summed E-state index contributed by atoms with van der Waals surface area (Å²) in [5.41, 5.74) is 12.7. The van der Waals surface area contributed by atoms with Crippen molar-refractivity contribution in [2.24, 2.45) is 0 Å². The van der Waals surface area contributed by atoms with Crippen LogP contribution in [0, 0.1) is 0 Å². The highest BCUT2D eigenvalue weighted by Crippen LogP contribution is 2.53. The number of hydrogen-bond acceptors (Lipinski definition) is 2. The summed E-state index contributed by atoms with van der Waals surface area (Å²) in [6.45, 7) is 4.72. The van der Waals surface area contributed by atoms with Gasteiger partial charge in [-0.2, -0.15) is 0 Å². The summed E-state index contributed by atoms with van der Waals surface area (Å²) in [4.78, 5) is 2.45. The summed E-state index contributed by atoms with van der Waals surface area (Å²) >= 11 is 0. The molecule has 0 aliphatic heterocycles. The van der Waals surface area contributed by atoms with Gasteiger partial charge in [-0.05, 0) is 109 Å². The van der Waals surface area contributed by atoms with Crippen LogP contribution in [0.5, 0.6) is 0 Å². The minimum absolute atomic E-state index is 0.123. The molecule has 1 aliphatic carbocycles. The molecular formula is C51H35NO. The minimum Gasteiger partial charge on any atom is -0.456 e. The van der Waals surface area contributed by atoms with Crippen LogP contribution in [0.2, 0.25) is 0 Å². The number of anilines is 3. The van der Waals surface area contributed by atoms with E-state index < -0.39 is 0 Å². The average Bonchev–Trinajstić information content (AvgIpc) is 3.67. The number of para-hydroxylation sites is 1. The molecule has 2 heteroatoms. The van der Waals surface area contributed by atoms with Gasteiger partial charge in [0.15, 0.2) is 0 Å². The Morgan fingerprint density at radius 2 is 1.00 bits per heavy atom. The zero-order valence-corrected chi connectivity index (χ0v) is 29.6. The molecule has 0 bridgehead atoms. The van der Waals surface area contributed by atoms with Gasteiger partial charge in [-0.25, -0.2) is 0 Å². The predicted octanol–water partition coefficient (Wildman–Crippen LogP) is 14.5. The van der Waals surface area contributed by atoms with Gasteiger partial charge in [-0.1, -0.05) is 135 Å². The average molecular weight is 678 g/mol. The van der Waals surface area contributed by atoms with Gasteiger partial charge >= 0.3 is 0 Å². The molecule has 0 saturated heterocycles. The molecule has 1 aliphatic rings. The Morgan fingerprint density at radius 1 is 0.396 bits per heavy atom. The molecule has 0 amide bonds. The number of rotatable bonds is 4. The molecule has 1 aromatic heterocycles. The molecule has 0 saturated carbocycles. The van der Waals surface area contributed by atoms with E-state index in [1.165, 1.54) is 65.7 Å². The third kappa shape index (κ3) is 4.45. The summed E-state index contributed by atoms with van der Waals surface area (Å²) in [7, 11) is 0. The molecule has 53 heavy (non-hydrogen) atoms. The Bertz CT molecular complexity index is 3100. The van der Waals surface area contributed by atoms with E-state index in [-0.39, 0.29) is 5.41 Å². The first-order valence-electron chi connectivity index (χ1n) is 18.4. The lowest BCUT2D eigenvalue weighted by atomic mass is 9.82. The van der Waals surface area contributed by atoms with Crippen LogP contribution in [0.15, 0.2) is 180 Å². The van der Waals surface area contributed by atoms with Gasteiger partial charge in [0.2, 0.25) is 0 Å². The van der Waals surface area contributed by atoms with Crippen LogP contribution in [0.1, 0.15) is 25.0 Å². The van der Waals surface area contributed by atoms with Crippen LogP contribution in [-0.2, 0) is 5.41 Å². The number of nitrogens with zero attached hydrogens (tertiary/aromatic N) is 1. The van der Waals surface area contributed by atoms with Crippen molar-refractivity contribution in [2.75, 3.05) is 4.90 Å². The first kappa shape index (κ1) is 30.0. The highest BCUT2D eigenvalue weighted by atomic mass is 16.3. The zero-order chi connectivity index (χ0) is 35.3. The molecule has 1 heterocycles. The Morgan fingerprint density at radius 3 is 1.83 bits per heavy atom. The smallest absolute Gasteiger partial charge is 0.137 e. The standard InChI is InChI=1S/C51H35NO/c1-51(2)45-26-24-36(30-44(45)43-28-34-14-3-4-15-35(34)29-46(43)51)52(37-23-25-41-40-19-9-10-21-48(40)53-49(41)31-37)47-27-22-33-13-6-8-18-39(33)50(47)42-20-11-16-32-12-5-7-17-38(32)42/h3-31H,1-2H3. The molecule has 10 aromatic rings. The number of fused-ring (bicyclic) bond motifs is 9. The maximum Gasteiger partial charge on any atom is 0.137 e. The fraction of sp³-hybridized carbons (Fsp3) is 0.0588. The van der Waals surface area contributed by atoms with E-state index in [2.05, 4.69) is 189 Å². The van der Waals surface area contributed by atoms with Crippen molar-refractivity contribution < 1.29 is 4.42 Å². The lowest BCUT2D eigenvalue weighted by molar-refractivity contribution is 0.661. The maximum absolute atomic E-state index is 6.52. The Kier molecular flexibility index (Phi) is 6.33. The van der Waals surface area contributed by atoms with Crippen LogP contribution in [0.4, 0.5) is 17.1 Å². The maximum atomic E-state index is 6.52. The van der Waals surface area contributed by atoms with Crippen molar-refractivity contribution in [3.05, 3.63) is 187 Å². The third-order valence-corrected chi connectivity index (χ3v) is 11.6. The molecule has 0 unspecified atom stereocenters. The van der Waals surface area contributed by atoms with Gasteiger partial charge in [-0.3, -0.25) is 0 Å². The minimum atomic E-state index is -0.123. The van der Waals surface area contributed by atoms with E-state index in [0.717, 1.165) is 39.0 Å². The lowest BCUT2D eigenvalue weighted by Gasteiger charge is -2.30. The number of benzene rings is 9. The van der Waals surface area contributed by atoms with Crippen molar-refractivity contribution in [2.45, 2.75) is 19.3 Å². The summed E-state index contributed by atoms with van der Waals surface area (Å²) in [6.07, 6.45) is 0. The van der Waals surface area contributed by atoms with E-state index >= 15 is 0 Å². The van der Waals surface area contributed by atoms with Crippen LogP contribution >= 0.6 is 0 Å². The highest BCUT2D eigenvalue weighted by Gasteiger charge is 2.36. The van der Waals surface area contributed by atoms with E-state index in [4.69, 9.17) is 4.42 Å². The first-order valence-corrected chi connectivity index (χ1v) is 18.4. The van der Waals surface area contributed by atoms with E-state index in [1.807, 2.05) is 6.07 Å². The molecule has 0 N–H and O–H groups in total. The number of hydrogen-bond donors (Lipinski definition) is 0. The van der Waals surface area contributed by atoms with Crippen molar-refractivity contribution in [3.8, 4) is 22.3 Å². The van der Waals surface area contributed by atoms with Gasteiger partial charge in [0, 0.05) is 39.2 Å². The van der Waals surface area contributed by atoms with Gasteiger partial charge in [-0.15, -0.1) is 0 Å². The molecule has 0 spiro atoms. The predicted molar refractivity (Wildman–Crippen MR) is 224 cm³/mol. The molecule has 2 nitrogen and oxygen atoms in total.